The van der Waals surface area contributed by atoms with Crippen molar-refractivity contribution in [3.63, 3.8) is 0 Å². The predicted octanol–water partition coefficient (Wildman–Crippen LogP) is 3.88. The molecule has 0 saturated carbocycles. The van der Waals surface area contributed by atoms with Crippen LogP contribution in [0.25, 0.3) is 0 Å². The van der Waals surface area contributed by atoms with Crippen LogP contribution in [0.5, 0.6) is 0 Å². The molecule has 0 aliphatic carbocycles. The fourth-order valence-electron chi connectivity index (χ4n) is 2.76. The summed E-state index contributed by atoms with van der Waals surface area (Å²) in [6.45, 7) is 3.88. The fraction of sp³-hybridized carbons (Fsp3) is 0.318. The molecular weight excluding hydrogens is 390 g/mol. The van der Waals surface area contributed by atoms with Gasteiger partial charge in [-0.05, 0) is 29.7 Å². The lowest BCUT2D eigenvalue weighted by atomic mass is 10.0. The number of amides is 3. The minimum atomic E-state index is -0.855. The Morgan fingerprint density at radius 1 is 1.03 bits per heavy atom. The maximum Gasteiger partial charge on any atom is 0.254 e. The van der Waals surface area contributed by atoms with Crippen molar-refractivity contribution in [1.29, 1.82) is 0 Å². The molecule has 6 nitrogen and oxygen atoms in total. The van der Waals surface area contributed by atoms with Gasteiger partial charge in [0.25, 0.3) is 11.8 Å². The van der Waals surface area contributed by atoms with Crippen LogP contribution in [0.4, 0.5) is 5.69 Å². The smallest absolute Gasteiger partial charge is 0.254 e. The number of carbonyl (C=O) groups is 3. The van der Waals surface area contributed by atoms with Crippen LogP contribution in [0.1, 0.15) is 42.2 Å². The average molecular weight is 416 g/mol. The van der Waals surface area contributed by atoms with Gasteiger partial charge < -0.3 is 15.5 Å². The predicted molar refractivity (Wildman–Crippen MR) is 115 cm³/mol. The molecule has 2 aromatic carbocycles. The Morgan fingerprint density at radius 2 is 1.69 bits per heavy atom. The van der Waals surface area contributed by atoms with Gasteiger partial charge in [0, 0.05) is 26.2 Å². The molecule has 0 saturated heterocycles. The second-order valence-electron chi connectivity index (χ2n) is 7.39. The van der Waals surface area contributed by atoms with Gasteiger partial charge in [0.2, 0.25) is 5.91 Å². The van der Waals surface area contributed by atoms with Gasteiger partial charge in [-0.25, -0.2) is 0 Å². The highest BCUT2D eigenvalue weighted by molar-refractivity contribution is 6.34. The van der Waals surface area contributed by atoms with E-state index in [-0.39, 0.29) is 23.3 Å². The van der Waals surface area contributed by atoms with Gasteiger partial charge in [0.05, 0.1) is 10.6 Å². The Morgan fingerprint density at radius 3 is 2.28 bits per heavy atom. The Kier molecular flexibility index (Phi) is 7.79. The lowest BCUT2D eigenvalue weighted by molar-refractivity contribution is -0.127. The number of benzene rings is 2. The Balaban J connectivity index is 2.27. The number of nitrogens with one attached hydrogen (secondary N) is 2. The van der Waals surface area contributed by atoms with Crippen LogP contribution in [0.3, 0.4) is 0 Å². The topological polar surface area (TPSA) is 78.5 Å². The van der Waals surface area contributed by atoms with Crippen LogP contribution in [-0.4, -0.2) is 36.7 Å². The molecule has 2 rings (SSSR count). The molecular formula is C22H26ClN3O3. The SMILES string of the molecule is CC(C)CC(=O)NC(C(=O)Nc1ccc(Cl)c(C(=O)N(C)C)c1)c1ccccc1. The summed E-state index contributed by atoms with van der Waals surface area (Å²) >= 11 is 6.13. The molecule has 3 amide bonds. The molecule has 0 bridgehead atoms. The van der Waals surface area contributed by atoms with Crippen molar-refractivity contribution in [3.8, 4) is 0 Å². The molecule has 154 valence electrons. The number of carbonyl (C=O) groups excluding carboxylic acids is 3. The molecule has 0 aliphatic heterocycles. The summed E-state index contributed by atoms with van der Waals surface area (Å²) in [7, 11) is 3.25. The highest BCUT2D eigenvalue weighted by Crippen LogP contribution is 2.23. The first-order valence-corrected chi connectivity index (χ1v) is 9.73. The van der Waals surface area contributed by atoms with Crippen molar-refractivity contribution >= 4 is 35.0 Å². The van der Waals surface area contributed by atoms with Crippen LogP contribution >= 0.6 is 11.6 Å². The van der Waals surface area contributed by atoms with E-state index in [1.807, 2.05) is 19.9 Å². The third kappa shape index (κ3) is 6.32. The minimum Gasteiger partial charge on any atom is -0.345 e. The van der Waals surface area contributed by atoms with Crippen molar-refractivity contribution in [3.05, 3.63) is 64.7 Å². The van der Waals surface area contributed by atoms with Crippen molar-refractivity contribution in [1.82, 2.24) is 10.2 Å². The van der Waals surface area contributed by atoms with E-state index in [1.54, 1.807) is 50.5 Å². The van der Waals surface area contributed by atoms with Gasteiger partial charge in [-0.3, -0.25) is 14.4 Å². The quantitative estimate of drug-likeness (QED) is 0.720. The molecule has 29 heavy (non-hydrogen) atoms. The van der Waals surface area contributed by atoms with Gasteiger partial charge in [-0.2, -0.15) is 0 Å². The highest BCUT2D eigenvalue weighted by Gasteiger charge is 2.24. The van der Waals surface area contributed by atoms with Crippen molar-refractivity contribution in [2.24, 2.45) is 5.92 Å². The number of hydrogen-bond donors (Lipinski definition) is 2. The summed E-state index contributed by atoms with van der Waals surface area (Å²) in [5.74, 6) is -0.705. The van der Waals surface area contributed by atoms with Crippen LogP contribution in [0.15, 0.2) is 48.5 Å². The lowest BCUT2D eigenvalue weighted by Crippen LogP contribution is -2.37. The lowest BCUT2D eigenvalue weighted by Gasteiger charge is -2.20. The second kappa shape index (κ2) is 10.1. The van der Waals surface area contributed by atoms with E-state index in [4.69, 9.17) is 11.6 Å². The Bertz CT molecular complexity index is 882. The molecule has 0 aliphatic rings. The van der Waals surface area contributed by atoms with Crippen molar-refractivity contribution in [2.75, 3.05) is 19.4 Å². The highest BCUT2D eigenvalue weighted by atomic mass is 35.5. The van der Waals surface area contributed by atoms with Crippen molar-refractivity contribution < 1.29 is 14.4 Å². The van der Waals surface area contributed by atoms with Crippen LogP contribution in [0, 0.1) is 5.92 Å². The summed E-state index contributed by atoms with van der Waals surface area (Å²) in [5, 5.41) is 5.87. The molecule has 0 fully saturated rings. The van der Waals surface area contributed by atoms with Gasteiger partial charge in [-0.1, -0.05) is 55.8 Å². The molecule has 2 N–H and O–H groups in total. The van der Waals surface area contributed by atoms with Gasteiger partial charge in [0.1, 0.15) is 6.04 Å². The summed E-state index contributed by atoms with van der Waals surface area (Å²) in [4.78, 5) is 39.0. The zero-order valence-corrected chi connectivity index (χ0v) is 17.8. The molecule has 0 heterocycles. The number of halogens is 1. The summed E-state index contributed by atoms with van der Waals surface area (Å²) in [5.41, 5.74) is 1.37. The third-order valence-corrected chi connectivity index (χ3v) is 4.49. The molecule has 2 aromatic rings. The second-order valence-corrected chi connectivity index (χ2v) is 7.80. The van der Waals surface area contributed by atoms with E-state index in [9.17, 15) is 14.4 Å². The monoisotopic (exact) mass is 415 g/mol. The summed E-state index contributed by atoms with van der Waals surface area (Å²) in [6.07, 6.45) is 0.318. The average Bonchev–Trinajstić information content (AvgIpc) is 2.67. The normalized spacial score (nSPS) is 11.7. The minimum absolute atomic E-state index is 0.172. The maximum absolute atomic E-state index is 13.0. The van der Waals surface area contributed by atoms with Gasteiger partial charge in [0.15, 0.2) is 0 Å². The van der Waals surface area contributed by atoms with E-state index in [1.165, 1.54) is 11.0 Å². The van der Waals surface area contributed by atoms with E-state index in [0.717, 1.165) is 0 Å². The van der Waals surface area contributed by atoms with Crippen LogP contribution < -0.4 is 10.6 Å². The summed E-state index contributed by atoms with van der Waals surface area (Å²) in [6, 6.07) is 12.9. The summed E-state index contributed by atoms with van der Waals surface area (Å²) < 4.78 is 0. The number of rotatable bonds is 7. The maximum atomic E-state index is 13.0. The third-order valence-electron chi connectivity index (χ3n) is 4.16. The zero-order valence-electron chi connectivity index (χ0n) is 17.0. The largest absolute Gasteiger partial charge is 0.345 e. The van der Waals surface area contributed by atoms with Crippen molar-refractivity contribution in [2.45, 2.75) is 26.3 Å². The number of hydrogen-bond acceptors (Lipinski definition) is 3. The number of nitrogens with zero attached hydrogens (tertiary/aromatic N) is 1. The van der Waals surface area contributed by atoms with Crippen LogP contribution in [-0.2, 0) is 9.59 Å². The van der Waals surface area contributed by atoms with Crippen LogP contribution in [0.2, 0.25) is 5.02 Å². The molecule has 0 spiro atoms. The molecule has 0 aromatic heterocycles. The van der Waals surface area contributed by atoms with E-state index in [2.05, 4.69) is 10.6 Å². The van der Waals surface area contributed by atoms with Gasteiger partial charge >= 0.3 is 0 Å². The molecule has 1 atom stereocenters. The standard InChI is InChI=1S/C22H26ClN3O3/c1-14(2)12-19(27)25-20(15-8-6-5-7-9-15)21(28)24-16-10-11-18(23)17(13-16)22(29)26(3)4/h5-11,13-14,20H,12H2,1-4H3,(H,24,28)(H,25,27). The molecule has 0 radical (unpaired) electrons. The first kappa shape index (κ1) is 22.4. The first-order valence-electron chi connectivity index (χ1n) is 9.35. The molecule has 7 heteroatoms. The fourth-order valence-corrected chi connectivity index (χ4v) is 2.96. The zero-order chi connectivity index (χ0) is 21.6. The first-order chi connectivity index (χ1) is 13.7. The number of anilines is 1. The molecule has 1 unspecified atom stereocenters. The van der Waals surface area contributed by atoms with E-state index >= 15 is 0 Å². The van der Waals surface area contributed by atoms with E-state index < -0.39 is 11.9 Å². The van der Waals surface area contributed by atoms with Gasteiger partial charge in [-0.15, -0.1) is 0 Å². The Labute approximate surface area is 176 Å². The Hall–Kier alpha value is -2.86. The van der Waals surface area contributed by atoms with E-state index in [0.29, 0.717) is 22.7 Å².